The second-order valence-corrected chi connectivity index (χ2v) is 20.1. The monoisotopic (exact) mass is 982 g/mol. The van der Waals surface area contributed by atoms with Gasteiger partial charge in [-0.15, -0.1) is 0 Å². The number of carbonyl (C=O) groups excluding carboxylic acids is 5. The van der Waals surface area contributed by atoms with Crippen LogP contribution in [0.1, 0.15) is 130 Å². The largest absolute Gasteiger partial charge is 0.481 e. The fourth-order valence-corrected chi connectivity index (χ4v) is 12.0. The Hall–Kier alpha value is -3.95. The Morgan fingerprint density at radius 1 is 0.652 bits per heavy atom. The molecule has 20 heteroatoms. The normalized spacial score (nSPS) is 27.9. The van der Waals surface area contributed by atoms with Crippen LogP contribution in [0.2, 0.25) is 0 Å². The Labute approximate surface area is 407 Å². The number of rotatable bonds is 33. The summed E-state index contributed by atoms with van der Waals surface area (Å²) in [5.41, 5.74) is 2.50. The molecule has 0 bridgehead atoms. The quantitative estimate of drug-likeness (QED) is 0.0347. The molecule has 0 radical (unpaired) electrons. The summed E-state index contributed by atoms with van der Waals surface area (Å²) in [6.45, 7) is 10.1. The number of carboxylic acids is 2. The number of aliphatic hydroxyl groups is 1. The first-order chi connectivity index (χ1) is 33.0. The molecule has 69 heavy (non-hydrogen) atoms. The number of nitrogens with one attached hydrogen (secondary N) is 5. The Morgan fingerprint density at radius 3 is 1.96 bits per heavy atom. The standard InChI is InChI=1S/C49H83N5O15/c1-5-41(56)50-19-7-6-8-39(47(63)64)53-45(60)31-68-27-25-66-23-21-52-44(59)30-67-26-24-65-22-20-51-42(57)14-15-43(58)54-69-34-17-18-48(3)33(28-34)10-11-35-37-13-12-36(32(2)9-16-46(61)62)49(37,4)40(55)29-38(35)48/h32-40,55H,5-31H2,1-4H3,(H,50,56)(H,51,57)(H,52,59)(H,53,60)(H,54,58)(H,61,62)(H,63,64)/t32-,33-,34+,35+,36-,37?,38?,39+,40+,48+,49-/m1/s1. The predicted molar refractivity (Wildman–Crippen MR) is 251 cm³/mol. The van der Waals surface area contributed by atoms with Gasteiger partial charge in [-0.1, -0.05) is 27.7 Å². The topological polar surface area (TPSA) is 286 Å². The third kappa shape index (κ3) is 18.0. The minimum absolute atomic E-state index is 0.00275. The summed E-state index contributed by atoms with van der Waals surface area (Å²) in [6.07, 6.45) is 9.82. The van der Waals surface area contributed by atoms with Gasteiger partial charge in [-0.3, -0.25) is 33.6 Å². The van der Waals surface area contributed by atoms with Crippen LogP contribution in [0.15, 0.2) is 0 Å². The van der Waals surface area contributed by atoms with E-state index in [0.717, 1.165) is 51.4 Å². The van der Waals surface area contributed by atoms with Gasteiger partial charge in [-0.2, -0.15) is 0 Å². The van der Waals surface area contributed by atoms with Crippen molar-refractivity contribution in [3.8, 4) is 0 Å². The molecule has 4 fully saturated rings. The van der Waals surface area contributed by atoms with Crippen LogP contribution >= 0.6 is 0 Å². The molecule has 394 valence electrons. The van der Waals surface area contributed by atoms with Gasteiger partial charge in [-0.05, 0) is 123 Å². The SMILES string of the molecule is CCC(=O)NCCCC[C@H](NC(=O)COCCOCCNC(=O)COCCOCCNC(=O)CCC(=O)NO[C@H]1CC[C@]2(C)C3C[C@H](O)[C@@]4(C)C(CC[C@@H]4[C@H](C)CCC(=O)O)[C@@H]3CC[C@@H]2C1)C(=O)O. The lowest BCUT2D eigenvalue weighted by Crippen LogP contribution is -2.59. The maximum Gasteiger partial charge on any atom is 0.326 e. The molecule has 8 N–H and O–H groups in total. The molecule has 20 nitrogen and oxygen atoms in total. The molecule has 0 spiro atoms. The van der Waals surface area contributed by atoms with E-state index in [1.807, 2.05) is 0 Å². The summed E-state index contributed by atoms with van der Waals surface area (Å²) >= 11 is 0. The maximum absolute atomic E-state index is 12.6. The fourth-order valence-electron chi connectivity index (χ4n) is 12.0. The average Bonchev–Trinajstić information content (AvgIpc) is 3.69. The van der Waals surface area contributed by atoms with Crippen molar-refractivity contribution in [2.45, 2.75) is 149 Å². The molecule has 11 atom stereocenters. The molecule has 4 aliphatic carbocycles. The van der Waals surface area contributed by atoms with Crippen molar-refractivity contribution < 1.29 is 72.7 Å². The fraction of sp³-hybridized carbons (Fsp3) is 0.857. The van der Waals surface area contributed by atoms with Crippen molar-refractivity contribution >= 4 is 41.5 Å². The van der Waals surface area contributed by atoms with Crippen LogP contribution in [-0.2, 0) is 57.3 Å². The Kier molecular flexibility index (Phi) is 24.6. The molecule has 5 amide bonds. The van der Waals surface area contributed by atoms with E-state index < -0.39 is 30.0 Å². The van der Waals surface area contributed by atoms with Gasteiger partial charge in [0, 0.05) is 45.3 Å². The van der Waals surface area contributed by atoms with Crippen LogP contribution in [0.5, 0.6) is 0 Å². The number of amides is 5. The molecular weight excluding hydrogens is 899 g/mol. The molecule has 2 unspecified atom stereocenters. The summed E-state index contributed by atoms with van der Waals surface area (Å²) in [4.78, 5) is 89.0. The highest BCUT2D eigenvalue weighted by atomic mass is 16.7. The number of carboxylic acid groups (broad SMARTS) is 2. The van der Waals surface area contributed by atoms with E-state index in [2.05, 4.69) is 47.5 Å². The molecule has 0 heterocycles. The van der Waals surface area contributed by atoms with Crippen molar-refractivity contribution in [2.24, 2.45) is 46.3 Å². The number of aliphatic carboxylic acids is 2. The van der Waals surface area contributed by atoms with Crippen LogP contribution in [0.4, 0.5) is 0 Å². The van der Waals surface area contributed by atoms with Crippen LogP contribution in [0.25, 0.3) is 0 Å². The van der Waals surface area contributed by atoms with E-state index in [1.54, 1.807) is 6.92 Å². The number of aliphatic hydroxyl groups excluding tert-OH is 1. The van der Waals surface area contributed by atoms with Gasteiger partial charge in [0.05, 0.1) is 51.8 Å². The Balaban J connectivity index is 0.949. The van der Waals surface area contributed by atoms with Gasteiger partial charge in [0.25, 0.3) is 0 Å². The number of ether oxygens (including phenoxy) is 4. The van der Waals surface area contributed by atoms with Crippen LogP contribution in [0.3, 0.4) is 0 Å². The summed E-state index contributed by atoms with van der Waals surface area (Å²) in [5.74, 6) is -1.04. The highest BCUT2D eigenvalue weighted by Gasteiger charge is 2.63. The van der Waals surface area contributed by atoms with Crippen LogP contribution in [0, 0.1) is 46.3 Å². The van der Waals surface area contributed by atoms with Crippen molar-refractivity contribution in [1.82, 2.24) is 26.7 Å². The van der Waals surface area contributed by atoms with E-state index in [4.69, 9.17) is 23.8 Å². The second kappa shape index (κ2) is 29.4. The number of fused-ring (bicyclic) bond motifs is 5. The maximum atomic E-state index is 12.6. The summed E-state index contributed by atoms with van der Waals surface area (Å²) < 4.78 is 21.4. The molecule has 0 aliphatic heterocycles. The zero-order chi connectivity index (χ0) is 50.4. The van der Waals surface area contributed by atoms with Gasteiger partial charge in [-0.25, -0.2) is 10.3 Å². The minimum atomic E-state index is -1.15. The van der Waals surface area contributed by atoms with Gasteiger partial charge < -0.3 is 55.5 Å². The molecule has 0 aromatic carbocycles. The lowest BCUT2D eigenvalue weighted by molar-refractivity contribution is -0.184. The first kappa shape index (κ1) is 57.6. The van der Waals surface area contributed by atoms with Crippen LogP contribution in [-0.4, -0.2) is 148 Å². The molecule has 4 aliphatic rings. The van der Waals surface area contributed by atoms with Crippen molar-refractivity contribution in [1.29, 1.82) is 0 Å². The number of unbranched alkanes of at least 4 members (excludes halogenated alkanes) is 1. The highest BCUT2D eigenvalue weighted by molar-refractivity contribution is 5.84. The van der Waals surface area contributed by atoms with Gasteiger partial charge in [0.2, 0.25) is 29.5 Å². The summed E-state index contributed by atoms with van der Waals surface area (Å²) in [6, 6.07) is -1.05. The molecule has 4 rings (SSSR count). The molecule has 0 aromatic rings. The molecule has 0 aromatic heterocycles. The lowest BCUT2D eigenvalue weighted by atomic mass is 9.43. The van der Waals surface area contributed by atoms with Crippen molar-refractivity contribution in [3.05, 3.63) is 0 Å². The lowest BCUT2D eigenvalue weighted by Gasteiger charge is -2.62. The molecule has 0 saturated heterocycles. The van der Waals surface area contributed by atoms with E-state index in [0.29, 0.717) is 61.8 Å². The summed E-state index contributed by atoms with van der Waals surface area (Å²) in [5, 5.41) is 41.0. The smallest absolute Gasteiger partial charge is 0.326 e. The first-order valence-corrected chi connectivity index (χ1v) is 25.5. The Morgan fingerprint density at radius 2 is 1.29 bits per heavy atom. The first-order valence-electron chi connectivity index (χ1n) is 25.5. The Bertz CT molecular complexity index is 1670. The molecule has 4 saturated carbocycles. The van der Waals surface area contributed by atoms with Crippen LogP contribution < -0.4 is 26.7 Å². The van der Waals surface area contributed by atoms with E-state index >= 15 is 0 Å². The second-order valence-electron chi connectivity index (χ2n) is 20.1. The van der Waals surface area contributed by atoms with Gasteiger partial charge in [0.1, 0.15) is 19.3 Å². The van der Waals surface area contributed by atoms with E-state index in [9.17, 15) is 48.9 Å². The van der Waals surface area contributed by atoms with Crippen molar-refractivity contribution in [2.75, 3.05) is 72.5 Å². The number of hydrogen-bond acceptors (Lipinski definition) is 13. The average molecular weight is 982 g/mol. The van der Waals surface area contributed by atoms with Gasteiger partial charge >= 0.3 is 11.9 Å². The number of carbonyl (C=O) groups is 7. The number of hydrogen-bond donors (Lipinski definition) is 8. The van der Waals surface area contributed by atoms with E-state index in [1.165, 1.54) is 0 Å². The zero-order valence-corrected chi connectivity index (χ0v) is 41.5. The van der Waals surface area contributed by atoms with E-state index in [-0.39, 0.29) is 138 Å². The molecular formula is C49H83N5O15. The highest BCUT2D eigenvalue weighted by Crippen LogP contribution is 2.68. The minimum Gasteiger partial charge on any atom is -0.481 e. The third-order valence-electron chi connectivity index (χ3n) is 15.8. The summed E-state index contributed by atoms with van der Waals surface area (Å²) in [7, 11) is 0. The zero-order valence-electron chi connectivity index (χ0n) is 41.5. The van der Waals surface area contributed by atoms with Gasteiger partial charge in [0.15, 0.2) is 0 Å². The number of hydroxylamine groups is 1. The van der Waals surface area contributed by atoms with Crippen molar-refractivity contribution in [3.63, 3.8) is 0 Å². The third-order valence-corrected chi connectivity index (χ3v) is 15.8. The predicted octanol–water partition coefficient (Wildman–Crippen LogP) is 2.88.